The molecule has 2 aromatic carbocycles. The summed E-state index contributed by atoms with van der Waals surface area (Å²) >= 11 is 0. The summed E-state index contributed by atoms with van der Waals surface area (Å²) in [6, 6.07) is 15.9. The second-order valence-electron chi connectivity index (χ2n) is 7.52. The molecule has 0 spiro atoms. The lowest BCUT2D eigenvalue weighted by Crippen LogP contribution is -2.24. The van der Waals surface area contributed by atoms with Crippen LogP contribution in [0.25, 0.3) is 22.1 Å². The summed E-state index contributed by atoms with van der Waals surface area (Å²) in [4.78, 5) is 22.1. The van der Waals surface area contributed by atoms with Gasteiger partial charge in [-0.15, -0.1) is 0 Å². The van der Waals surface area contributed by atoms with Gasteiger partial charge >= 0.3 is 0 Å². The number of likely N-dealkylation sites (tertiary alicyclic amines) is 1. The van der Waals surface area contributed by atoms with Gasteiger partial charge in [0.2, 0.25) is 5.58 Å². The molecule has 1 aliphatic rings. The van der Waals surface area contributed by atoms with Crippen LogP contribution in [0.15, 0.2) is 57.7 Å². The molecular formula is C22H22N4O3. The topological polar surface area (TPSA) is 94.4 Å². The number of rotatable bonds is 5. The first-order chi connectivity index (χ1) is 14.2. The van der Waals surface area contributed by atoms with Crippen molar-refractivity contribution in [2.45, 2.75) is 25.6 Å². The zero-order valence-electron chi connectivity index (χ0n) is 15.9. The van der Waals surface area contributed by atoms with Crippen LogP contribution in [0.5, 0.6) is 0 Å². The number of hydrogen-bond donors (Lipinski definition) is 3. The number of furan rings is 1. The number of benzene rings is 2. The van der Waals surface area contributed by atoms with Crippen molar-refractivity contribution in [1.29, 1.82) is 0 Å². The maximum atomic E-state index is 12.5. The molecule has 1 atom stereocenters. The van der Waals surface area contributed by atoms with Crippen LogP contribution < -0.4 is 10.9 Å². The minimum atomic E-state index is -0.307. The fraction of sp³-hybridized carbons (Fsp3) is 0.273. The highest BCUT2D eigenvalue weighted by Crippen LogP contribution is 2.28. The molecule has 4 aromatic rings. The largest absolute Gasteiger partial charge is 0.449 e. The molecular weight excluding hydrogens is 368 g/mol. The van der Waals surface area contributed by atoms with Gasteiger partial charge in [-0.25, -0.2) is 4.98 Å². The number of aliphatic hydroxyl groups excluding tert-OH is 1. The molecule has 148 valence electrons. The zero-order chi connectivity index (χ0) is 19.8. The first-order valence-corrected chi connectivity index (χ1v) is 9.79. The van der Waals surface area contributed by atoms with Gasteiger partial charge in [0.1, 0.15) is 16.9 Å². The molecule has 0 bridgehead atoms. The Labute approximate surface area is 167 Å². The van der Waals surface area contributed by atoms with Gasteiger partial charge in [-0.2, -0.15) is 0 Å². The average molecular weight is 390 g/mol. The molecule has 3 heterocycles. The van der Waals surface area contributed by atoms with E-state index in [1.807, 2.05) is 36.4 Å². The molecule has 7 nitrogen and oxygen atoms in total. The number of aromatic amines is 1. The van der Waals surface area contributed by atoms with Crippen molar-refractivity contribution in [1.82, 2.24) is 14.9 Å². The summed E-state index contributed by atoms with van der Waals surface area (Å²) in [6.45, 7) is 2.60. The molecule has 5 rings (SSSR count). The van der Waals surface area contributed by atoms with E-state index >= 15 is 0 Å². The monoisotopic (exact) mass is 390 g/mol. The number of nitrogens with one attached hydrogen (secondary N) is 2. The van der Waals surface area contributed by atoms with Gasteiger partial charge in [-0.05, 0) is 30.2 Å². The van der Waals surface area contributed by atoms with Crippen molar-refractivity contribution in [2.75, 3.05) is 18.4 Å². The van der Waals surface area contributed by atoms with Gasteiger partial charge in [0.15, 0.2) is 0 Å². The lowest BCUT2D eigenvalue weighted by Gasteiger charge is -2.13. The minimum Gasteiger partial charge on any atom is -0.449 e. The standard InChI is InChI=1S/C22H22N4O3/c27-16-8-9-26(12-16)13-19-24-20-17-10-15(23-11-14-4-2-1-3-5-14)6-7-18(17)29-21(20)22(28)25-19/h1-7,10,16,23,27H,8-9,11-13H2,(H,24,25,28)/t16-/m0/s1. The number of fused-ring (bicyclic) bond motifs is 3. The van der Waals surface area contributed by atoms with Gasteiger partial charge in [0.25, 0.3) is 5.56 Å². The second-order valence-corrected chi connectivity index (χ2v) is 7.52. The van der Waals surface area contributed by atoms with Crippen molar-refractivity contribution in [3.8, 4) is 0 Å². The number of aliphatic hydroxyl groups is 1. The van der Waals surface area contributed by atoms with Gasteiger partial charge in [0.05, 0.1) is 12.6 Å². The van der Waals surface area contributed by atoms with E-state index in [4.69, 9.17) is 4.42 Å². The van der Waals surface area contributed by atoms with E-state index in [-0.39, 0.29) is 17.2 Å². The summed E-state index contributed by atoms with van der Waals surface area (Å²) in [7, 11) is 0. The highest BCUT2D eigenvalue weighted by Gasteiger charge is 2.22. The Kier molecular flexibility index (Phi) is 4.54. The van der Waals surface area contributed by atoms with Gasteiger partial charge in [-0.1, -0.05) is 30.3 Å². The Bertz CT molecular complexity index is 1220. The molecule has 0 aliphatic carbocycles. The van der Waals surface area contributed by atoms with Crippen LogP contribution in [-0.4, -0.2) is 39.2 Å². The Balaban J connectivity index is 1.47. The first-order valence-electron chi connectivity index (χ1n) is 9.79. The van der Waals surface area contributed by atoms with Crippen LogP contribution >= 0.6 is 0 Å². The Morgan fingerprint density at radius 2 is 2.10 bits per heavy atom. The number of nitrogens with zero attached hydrogens (tertiary/aromatic N) is 2. The number of β-amino-alcohol motifs (C(OH)–C–C–N with tert-alkyl or cyclic N) is 1. The predicted octanol–water partition coefficient (Wildman–Crippen LogP) is 2.85. The molecule has 1 aliphatic heterocycles. The SMILES string of the molecule is O=c1[nH]c(CN2CC[C@H](O)C2)nc2c1oc1ccc(NCc3ccccc3)cc12. The van der Waals surface area contributed by atoms with Gasteiger partial charge in [0, 0.05) is 30.7 Å². The van der Waals surface area contributed by atoms with E-state index < -0.39 is 0 Å². The lowest BCUT2D eigenvalue weighted by molar-refractivity contribution is 0.174. The smallest absolute Gasteiger partial charge is 0.294 e. The van der Waals surface area contributed by atoms with Gasteiger partial charge in [-0.3, -0.25) is 9.69 Å². The van der Waals surface area contributed by atoms with Crippen LogP contribution in [0, 0.1) is 0 Å². The van der Waals surface area contributed by atoms with Crippen molar-refractivity contribution in [3.05, 3.63) is 70.3 Å². The third-order valence-electron chi connectivity index (χ3n) is 5.33. The van der Waals surface area contributed by atoms with Crippen molar-refractivity contribution >= 4 is 27.8 Å². The van der Waals surface area contributed by atoms with Crippen molar-refractivity contribution < 1.29 is 9.52 Å². The van der Waals surface area contributed by atoms with Gasteiger partial charge < -0.3 is 19.8 Å². The number of aromatic nitrogens is 2. The normalized spacial score (nSPS) is 17.3. The summed E-state index contributed by atoms with van der Waals surface area (Å²) in [6.07, 6.45) is 0.441. The van der Waals surface area contributed by atoms with Crippen LogP contribution in [-0.2, 0) is 13.1 Å². The van der Waals surface area contributed by atoms with Crippen LogP contribution in [0.4, 0.5) is 5.69 Å². The fourth-order valence-electron chi connectivity index (χ4n) is 3.85. The van der Waals surface area contributed by atoms with E-state index in [0.717, 1.165) is 24.0 Å². The number of hydrogen-bond acceptors (Lipinski definition) is 6. The maximum absolute atomic E-state index is 12.5. The van der Waals surface area contributed by atoms with E-state index in [2.05, 4.69) is 32.3 Å². The lowest BCUT2D eigenvalue weighted by atomic mass is 10.2. The van der Waals surface area contributed by atoms with E-state index in [9.17, 15) is 9.90 Å². The molecule has 0 amide bonds. The van der Waals surface area contributed by atoms with Crippen LogP contribution in [0.3, 0.4) is 0 Å². The molecule has 1 fully saturated rings. The molecule has 3 N–H and O–H groups in total. The fourth-order valence-corrected chi connectivity index (χ4v) is 3.85. The Morgan fingerprint density at radius 3 is 2.90 bits per heavy atom. The molecule has 0 saturated carbocycles. The number of H-pyrrole nitrogens is 1. The third kappa shape index (κ3) is 3.62. The van der Waals surface area contributed by atoms with E-state index in [1.54, 1.807) is 0 Å². The third-order valence-corrected chi connectivity index (χ3v) is 5.33. The minimum absolute atomic E-state index is 0.241. The van der Waals surface area contributed by atoms with Crippen LogP contribution in [0.2, 0.25) is 0 Å². The quantitative estimate of drug-likeness (QED) is 0.485. The summed E-state index contributed by atoms with van der Waals surface area (Å²) < 4.78 is 5.76. The number of anilines is 1. The second kappa shape index (κ2) is 7.35. The highest BCUT2D eigenvalue weighted by molar-refractivity contribution is 6.03. The summed E-state index contributed by atoms with van der Waals surface area (Å²) in [5.41, 5.74) is 3.30. The molecule has 0 unspecified atom stereocenters. The molecule has 7 heteroatoms. The summed E-state index contributed by atoms with van der Waals surface area (Å²) in [5.74, 6) is 0.585. The summed E-state index contributed by atoms with van der Waals surface area (Å²) in [5, 5.41) is 13.9. The Hall–Kier alpha value is -3.16. The molecule has 29 heavy (non-hydrogen) atoms. The van der Waals surface area contributed by atoms with Crippen LogP contribution in [0.1, 0.15) is 17.8 Å². The highest BCUT2D eigenvalue weighted by atomic mass is 16.3. The zero-order valence-corrected chi connectivity index (χ0v) is 15.9. The molecule has 2 aromatic heterocycles. The Morgan fingerprint density at radius 1 is 1.24 bits per heavy atom. The van der Waals surface area contributed by atoms with Crippen molar-refractivity contribution in [3.63, 3.8) is 0 Å². The van der Waals surface area contributed by atoms with E-state index in [0.29, 0.717) is 36.6 Å². The first kappa shape index (κ1) is 17.9. The van der Waals surface area contributed by atoms with Crippen molar-refractivity contribution in [2.24, 2.45) is 0 Å². The average Bonchev–Trinajstić information content (AvgIpc) is 3.30. The van der Waals surface area contributed by atoms with E-state index in [1.165, 1.54) is 5.56 Å². The molecule has 1 saturated heterocycles. The predicted molar refractivity (Wildman–Crippen MR) is 112 cm³/mol. The maximum Gasteiger partial charge on any atom is 0.294 e. The molecule has 0 radical (unpaired) electrons.